The average Bonchev–Trinajstić information content (AvgIpc) is 2.30. The highest BCUT2D eigenvalue weighted by Crippen LogP contribution is 2.17. The molecule has 0 saturated heterocycles. The lowest BCUT2D eigenvalue weighted by molar-refractivity contribution is 0.414. The number of nitrogens with one attached hydrogen (secondary N) is 1. The van der Waals surface area contributed by atoms with E-state index in [0.29, 0.717) is 5.92 Å². The molecule has 1 N–H and O–H groups in total. The number of benzene rings is 1. The van der Waals surface area contributed by atoms with E-state index in [1.807, 2.05) is 24.3 Å². The predicted octanol–water partition coefficient (Wildman–Crippen LogP) is 2.51. The molecule has 1 aromatic rings. The first-order valence-electron chi connectivity index (χ1n) is 5.44. The van der Waals surface area contributed by atoms with Crippen LogP contribution in [0.5, 0.6) is 5.75 Å². The van der Waals surface area contributed by atoms with Gasteiger partial charge in [-0.15, -0.1) is 0 Å². The van der Waals surface area contributed by atoms with Gasteiger partial charge in [0.15, 0.2) is 0 Å². The van der Waals surface area contributed by atoms with E-state index in [9.17, 15) is 0 Å². The normalized spacial score (nSPS) is 12.2. The van der Waals surface area contributed by atoms with Crippen LogP contribution in [0.3, 0.4) is 0 Å². The lowest BCUT2D eigenvalue weighted by Gasteiger charge is -2.13. The third-order valence-corrected chi connectivity index (χ3v) is 2.31. The van der Waals surface area contributed by atoms with Crippen molar-refractivity contribution in [2.24, 2.45) is 5.92 Å². The van der Waals surface area contributed by atoms with Gasteiger partial charge in [-0.1, -0.05) is 26.0 Å². The molecule has 86 valence electrons. The van der Waals surface area contributed by atoms with Crippen LogP contribution in [-0.2, 0) is 0 Å². The molecule has 1 unspecified atom stereocenters. The Morgan fingerprint density at radius 3 is 2.38 bits per heavy atom. The van der Waals surface area contributed by atoms with E-state index in [2.05, 4.69) is 25.2 Å². The average molecular weight is 218 g/mol. The van der Waals surface area contributed by atoms with Gasteiger partial charge in [0.1, 0.15) is 11.8 Å². The second kappa shape index (κ2) is 6.14. The highest BCUT2D eigenvalue weighted by atomic mass is 16.5. The molecule has 16 heavy (non-hydrogen) atoms. The number of hydrogen-bond acceptors (Lipinski definition) is 3. The highest BCUT2D eigenvalue weighted by molar-refractivity contribution is 5.31. The number of nitrogens with zero attached hydrogens (tertiary/aromatic N) is 1. The van der Waals surface area contributed by atoms with Crippen molar-refractivity contribution in [1.29, 1.82) is 5.26 Å². The van der Waals surface area contributed by atoms with E-state index >= 15 is 0 Å². The summed E-state index contributed by atoms with van der Waals surface area (Å²) in [5.74, 6) is 1.35. The van der Waals surface area contributed by atoms with Gasteiger partial charge in [-0.3, -0.25) is 5.32 Å². The first kappa shape index (κ1) is 12.5. The number of nitriles is 1. The molecule has 0 aliphatic rings. The van der Waals surface area contributed by atoms with Crippen LogP contribution in [0.15, 0.2) is 24.3 Å². The van der Waals surface area contributed by atoms with Crippen molar-refractivity contribution in [2.75, 3.05) is 13.7 Å². The van der Waals surface area contributed by atoms with Gasteiger partial charge < -0.3 is 4.74 Å². The van der Waals surface area contributed by atoms with Gasteiger partial charge in [-0.05, 0) is 30.2 Å². The van der Waals surface area contributed by atoms with Crippen molar-refractivity contribution in [2.45, 2.75) is 19.9 Å². The first-order chi connectivity index (χ1) is 7.67. The summed E-state index contributed by atoms with van der Waals surface area (Å²) in [4.78, 5) is 0. The molecular weight excluding hydrogens is 200 g/mol. The van der Waals surface area contributed by atoms with Gasteiger partial charge in [0.05, 0.1) is 13.2 Å². The molecule has 0 spiro atoms. The minimum absolute atomic E-state index is 0.242. The maximum absolute atomic E-state index is 9.08. The minimum Gasteiger partial charge on any atom is -0.497 e. The quantitative estimate of drug-likeness (QED) is 0.826. The fraction of sp³-hybridized carbons (Fsp3) is 0.462. The van der Waals surface area contributed by atoms with Crippen molar-refractivity contribution in [1.82, 2.24) is 5.32 Å². The van der Waals surface area contributed by atoms with Crippen LogP contribution in [0.1, 0.15) is 25.5 Å². The van der Waals surface area contributed by atoms with Gasteiger partial charge in [0.25, 0.3) is 0 Å². The summed E-state index contributed by atoms with van der Waals surface area (Å²) in [7, 11) is 1.63. The molecule has 0 radical (unpaired) electrons. The Balaban J connectivity index is 2.68. The van der Waals surface area contributed by atoms with Gasteiger partial charge in [-0.2, -0.15) is 5.26 Å². The smallest absolute Gasteiger partial charge is 0.121 e. The molecule has 0 saturated carbocycles. The van der Waals surface area contributed by atoms with Crippen molar-refractivity contribution in [3.63, 3.8) is 0 Å². The molecule has 0 aromatic heterocycles. The minimum atomic E-state index is -0.242. The summed E-state index contributed by atoms with van der Waals surface area (Å²) < 4.78 is 5.08. The predicted molar refractivity (Wildman–Crippen MR) is 64.2 cm³/mol. The van der Waals surface area contributed by atoms with Crippen molar-refractivity contribution >= 4 is 0 Å². The monoisotopic (exact) mass is 218 g/mol. The van der Waals surface area contributed by atoms with Crippen LogP contribution in [0.25, 0.3) is 0 Å². The van der Waals surface area contributed by atoms with Crippen LogP contribution in [0.2, 0.25) is 0 Å². The van der Waals surface area contributed by atoms with E-state index in [-0.39, 0.29) is 6.04 Å². The molecule has 0 amide bonds. The largest absolute Gasteiger partial charge is 0.497 e. The molecule has 0 aliphatic carbocycles. The molecule has 3 heteroatoms. The van der Waals surface area contributed by atoms with Gasteiger partial charge in [0.2, 0.25) is 0 Å². The summed E-state index contributed by atoms with van der Waals surface area (Å²) in [6, 6.07) is 9.59. The highest BCUT2D eigenvalue weighted by Gasteiger charge is 2.09. The van der Waals surface area contributed by atoms with E-state index in [4.69, 9.17) is 10.00 Å². The number of methoxy groups -OCH3 is 1. The maximum Gasteiger partial charge on any atom is 0.121 e. The lowest BCUT2D eigenvalue weighted by Crippen LogP contribution is -2.24. The second-order valence-electron chi connectivity index (χ2n) is 4.14. The van der Waals surface area contributed by atoms with E-state index in [1.54, 1.807) is 7.11 Å². The summed E-state index contributed by atoms with van der Waals surface area (Å²) in [5, 5.41) is 12.3. The van der Waals surface area contributed by atoms with Crippen molar-refractivity contribution in [3.05, 3.63) is 29.8 Å². The van der Waals surface area contributed by atoms with Crippen LogP contribution >= 0.6 is 0 Å². The van der Waals surface area contributed by atoms with E-state index < -0.39 is 0 Å². The molecule has 0 bridgehead atoms. The molecular formula is C13H18N2O. The Morgan fingerprint density at radius 2 is 1.94 bits per heavy atom. The second-order valence-corrected chi connectivity index (χ2v) is 4.14. The third kappa shape index (κ3) is 3.56. The standard InChI is InChI=1S/C13H18N2O/c1-10(2)9-15-13(8-14)11-4-6-12(16-3)7-5-11/h4-7,10,13,15H,9H2,1-3H3. The van der Waals surface area contributed by atoms with Gasteiger partial charge >= 0.3 is 0 Å². The molecule has 0 fully saturated rings. The molecule has 0 heterocycles. The zero-order valence-electron chi connectivity index (χ0n) is 10.0. The van der Waals surface area contributed by atoms with Gasteiger partial charge in [0, 0.05) is 0 Å². The Hall–Kier alpha value is -1.53. The zero-order valence-corrected chi connectivity index (χ0v) is 10.0. The number of hydrogen-bond donors (Lipinski definition) is 1. The third-order valence-electron chi connectivity index (χ3n) is 2.31. The Kier molecular flexibility index (Phi) is 4.81. The Labute approximate surface area is 97.0 Å². The summed E-state index contributed by atoms with van der Waals surface area (Å²) in [6.07, 6.45) is 0. The van der Waals surface area contributed by atoms with Crippen LogP contribution < -0.4 is 10.1 Å². The van der Waals surface area contributed by atoms with Crippen LogP contribution in [0.4, 0.5) is 0 Å². The Bertz CT molecular complexity index is 351. The summed E-state index contributed by atoms with van der Waals surface area (Å²) in [6.45, 7) is 5.08. The van der Waals surface area contributed by atoms with Gasteiger partial charge in [-0.25, -0.2) is 0 Å². The van der Waals surface area contributed by atoms with Crippen molar-refractivity contribution < 1.29 is 4.74 Å². The summed E-state index contributed by atoms with van der Waals surface area (Å²) >= 11 is 0. The first-order valence-corrected chi connectivity index (χ1v) is 5.44. The summed E-state index contributed by atoms with van der Waals surface area (Å²) in [5.41, 5.74) is 0.976. The fourth-order valence-corrected chi connectivity index (χ4v) is 1.39. The number of rotatable bonds is 5. The van der Waals surface area contributed by atoms with Crippen LogP contribution in [0, 0.1) is 17.2 Å². The molecule has 1 aromatic carbocycles. The SMILES string of the molecule is COc1ccc(C(C#N)NCC(C)C)cc1. The molecule has 1 atom stereocenters. The molecule has 1 rings (SSSR count). The number of ether oxygens (including phenoxy) is 1. The van der Waals surface area contributed by atoms with E-state index in [1.165, 1.54) is 0 Å². The fourth-order valence-electron chi connectivity index (χ4n) is 1.39. The maximum atomic E-state index is 9.08. The molecule has 3 nitrogen and oxygen atoms in total. The Morgan fingerprint density at radius 1 is 1.31 bits per heavy atom. The van der Waals surface area contributed by atoms with E-state index in [0.717, 1.165) is 17.9 Å². The molecule has 0 aliphatic heterocycles. The lowest BCUT2D eigenvalue weighted by atomic mass is 10.1. The zero-order chi connectivity index (χ0) is 12.0. The topological polar surface area (TPSA) is 45.0 Å². The van der Waals surface area contributed by atoms with Crippen LogP contribution in [-0.4, -0.2) is 13.7 Å². The van der Waals surface area contributed by atoms with Crippen molar-refractivity contribution in [3.8, 4) is 11.8 Å².